The van der Waals surface area contributed by atoms with E-state index in [9.17, 15) is 22.8 Å². The van der Waals surface area contributed by atoms with Gasteiger partial charge in [-0.25, -0.2) is 9.59 Å². The van der Waals surface area contributed by atoms with E-state index < -0.39 is 29.9 Å². The lowest BCUT2D eigenvalue weighted by molar-refractivity contribution is -0.137. The first-order chi connectivity index (χ1) is 14.7. The molecule has 10 heteroatoms. The number of carbonyl (C=O) groups excluding carboxylic acids is 2. The summed E-state index contributed by atoms with van der Waals surface area (Å²) in [5, 5.41) is 9.04. The molecule has 2 fully saturated rings. The average Bonchev–Trinajstić information content (AvgIpc) is 2.77. The van der Waals surface area contributed by atoms with Crippen molar-refractivity contribution in [1.29, 1.82) is 5.26 Å². The Morgan fingerprint density at radius 2 is 1.87 bits per heavy atom. The monoisotopic (exact) mass is 439 g/mol. The van der Waals surface area contributed by atoms with Crippen LogP contribution in [0.1, 0.15) is 36.3 Å². The Hall–Kier alpha value is -2.96. The zero-order chi connectivity index (χ0) is 22.6. The van der Waals surface area contributed by atoms with Crippen molar-refractivity contribution >= 4 is 12.2 Å². The number of carbonyl (C=O) groups is 2. The highest BCUT2D eigenvalue weighted by molar-refractivity contribution is 5.75. The van der Waals surface area contributed by atoms with E-state index in [-0.39, 0.29) is 31.5 Å². The van der Waals surface area contributed by atoms with E-state index in [1.165, 1.54) is 11.0 Å². The lowest BCUT2D eigenvalue weighted by Gasteiger charge is -2.41. The Morgan fingerprint density at radius 3 is 2.48 bits per heavy atom. The molecule has 0 saturated carbocycles. The normalized spacial score (nSPS) is 22.5. The SMILES string of the molecule is COC(=O)OC1CC(c2cccc(C(F)(F)F)c2)CN(C(=O)N2CCC(C#N)CC2)C1. The molecule has 1 aromatic rings. The molecule has 0 N–H and O–H groups in total. The van der Waals surface area contributed by atoms with Crippen molar-refractivity contribution in [1.82, 2.24) is 9.80 Å². The number of likely N-dealkylation sites (tertiary alicyclic amines) is 2. The first-order valence-corrected chi connectivity index (χ1v) is 10.1. The van der Waals surface area contributed by atoms with E-state index in [2.05, 4.69) is 10.8 Å². The quantitative estimate of drug-likeness (QED) is 0.651. The molecule has 2 amide bonds. The van der Waals surface area contributed by atoms with Crippen LogP contribution in [0.25, 0.3) is 0 Å². The van der Waals surface area contributed by atoms with E-state index >= 15 is 0 Å². The number of nitriles is 1. The van der Waals surface area contributed by atoms with Crippen molar-refractivity contribution in [3.05, 3.63) is 35.4 Å². The average molecular weight is 439 g/mol. The van der Waals surface area contributed by atoms with Crippen LogP contribution in [-0.4, -0.2) is 61.4 Å². The molecular formula is C21H24F3N3O4. The van der Waals surface area contributed by atoms with Crippen LogP contribution < -0.4 is 0 Å². The van der Waals surface area contributed by atoms with Gasteiger partial charge in [-0.05, 0) is 30.9 Å². The second-order valence-corrected chi connectivity index (χ2v) is 7.83. The minimum atomic E-state index is -4.48. The molecule has 0 radical (unpaired) electrons. The van der Waals surface area contributed by atoms with Crippen LogP contribution in [0, 0.1) is 17.2 Å². The number of urea groups is 1. The van der Waals surface area contributed by atoms with Gasteiger partial charge in [0.05, 0.1) is 25.3 Å². The van der Waals surface area contributed by atoms with Crippen LogP contribution in [0.3, 0.4) is 0 Å². The van der Waals surface area contributed by atoms with Gasteiger partial charge in [0.15, 0.2) is 0 Å². The van der Waals surface area contributed by atoms with Crippen LogP contribution in [0.5, 0.6) is 0 Å². The molecule has 2 atom stereocenters. The summed E-state index contributed by atoms with van der Waals surface area (Å²) in [6.45, 7) is 1.20. The zero-order valence-corrected chi connectivity index (χ0v) is 17.1. The number of rotatable bonds is 2. The molecule has 168 valence electrons. The van der Waals surface area contributed by atoms with Gasteiger partial charge < -0.3 is 19.3 Å². The fourth-order valence-corrected chi connectivity index (χ4v) is 4.09. The van der Waals surface area contributed by atoms with Crippen molar-refractivity contribution in [2.24, 2.45) is 5.92 Å². The first kappa shape index (κ1) is 22.7. The minimum Gasteiger partial charge on any atom is -0.438 e. The van der Waals surface area contributed by atoms with Crippen molar-refractivity contribution in [3.63, 3.8) is 0 Å². The number of hydrogen-bond acceptors (Lipinski definition) is 5. The summed E-state index contributed by atoms with van der Waals surface area (Å²) in [7, 11) is 1.16. The van der Waals surface area contributed by atoms with Gasteiger partial charge in [-0.2, -0.15) is 18.4 Å². The molecule has 31 heavy (non-hydrogen) atoms. The smallest absolute Gasteiger partial charge is 0.438 e. The number of hydrogen-bond donors (Lipinski definition) is 0. The van der Waals surface area contributed by atoms with E-state index in [0.717, 1.165) is 19.2 Å². The van der Waals surface area contributed by atoms with Crippen LogP contribution in [0.15, 0.2) is 24.3 Å². The fraction of sp³-hybridized carbons (Fsp3) is 0.571. The van der Waals surface area contributed by atoms with Crippen LogP contribution in [0.2, 0.25) is 0 Å². The van der Waals surface area contributed by atoms with Crippen molar-refractivity contribution in [2.75, 3.05) is 33.3 Å². The number of alkyl halides is 3. The Kier molecular flexibility index (Phi) is 6.93. The van der Waals surface area contributed by atoms with Gasteiger partial charge in [0.25, 0.3) is 0 Å². The Labute approximate surface area is 178 Å². The minimum absolute atomic E-state index is 0.0846. The predicted octanol–water partition coefficient (Wildman–Crippen LogP) is 4.00. The highest BCUT2D eigenvalue weighted by atomic mass is 19.4. The van der Waals surface area contributed by atoms with Gasteiger partial charge in [0, 0.05) is 31.5 Å². The lowest BCUT2D eigenvalue weighted by Crippen LogP contribution is -2.53. The number of methoxy groups -OCH3 is 1. The Morgan fingerprint density at radius 1 is 1.16 bits per heavy atom. The number of halogens is 3. The first-order valence-electron chi connectivity index (χ1n) is 10.1. The summed E-state index contributed by atoms with van der Waals surface area (Å²) in [6.07, 6.45) is -4.66. The summed E-state index contributed by atoms with van der Waals surface area (Å²) < 4.78 is 49.3. The van der Waals surface area contributed by atoms with E-state index in [1.807, 2.05) is 0 Å². The fourth-order valence-electron chi connectivity index (χ4n) is 4.09. The molecule has 0 spiro atoms. The van der Waals surface area contributed by atoms with E-state index in [1.54, 1.807) is 11.0 Å². The van der Waals surface area contributed by atoms with Crippen LogP contribution in [0.4, 0.5) is 22.8 Å². The van der Waals surface area contributed by atoms with Crippen molar-refractivity contribution in [3.8, 4) is 6.07 Å². The molecule has 2 saturated heterocycles. The molecule has 2 aliphatic heterocycles. The van der Waals surface area contributed by atoms with Gasteiger partial charge >= 0.3 is 18.4 Å². The predicted molar refractivity (Wildman–Crippen MR) is 103 cm³/mol. The molecule has 0 aromatic heterocycles. The maximum absolute atomic E-state index is 13.2. The van der Waals surface area contributed by atoms with Gasteiger partial charge in [0.2, 0.25) is 0 Å². The molecular weight excluding hydrogens is 415 g/mol. The molecule has 3 rings (SSSR count). The van der Waals surface area contributed by atoms with Crippen molar-refractivity contribution in [2.45, 2.75) is 37.5 Å². The van der Waals surface area contributed by atoms with E-state index in [4.69, 9.17) is 10.00 Å². The summed E-state index contributed by atoms with van der Waals surface area (Å²) in [5.74, 6) is -0.523. The number of benzene rings is 1. The number of piperidine rings is 2. The lowest BCUT2D eigenvalue weighted by atomic mass is 9.88. The second-order valence-electron chi connectivity index (χ2n) is 7.83. The summed E-state index contributed by atoms with van der Waals surface area (Å²) in [4.78, 5) is 27.8. The molecule has 2 unspecified atom stereocenters. The summed E-state index contributed by atoms with van der Waals surface area (Å²) in [6, 6.07) is 6.93. The number of nitrogens with zero attached hydrogens (tertiary/aromatic N) is 3. The molecule has 2 aliphatic rings. The third-order valence-corrected chi connectivity index (χ3v) is 5.75. The van der Waals surface area contributed by atoms with Crippen LogP contribution in [-0.2, 0) is 15.7 Å². The molecule has 1 aromatic carbocycles. The summed E-state index contributed by atoms with van der Waals surface area (Å²) >= 11 is 0. The van der Waals surface area contributed by atoms with Gasteiger partial charge in [-0.1, -0.05) is 18.2 Å². The Balaban J connectivity index is 1.79. The third-order valence-electron chi connectivity index (χ3n) is 5.75. The highest BCUT2D eigenvalue weighted by Crippen LogP contribution is 2.34. The standard InChI is InChI=1S/C21H24F3N3O4/c1-30-20(29)31-18-10-16(15-3-2-4-17(9-15)21(22,23)24)12-27(13-18)19(28)26-7-5-14(11-25)6-8-26/h2-4,9,14,16,18H,5-8,10,12-13H2,1H3. The molecule has 0 aliphatic carbocycles. The van der Waals surface area contributed by atoms with Gasteiger partial charge in [-0.15, -0.1) is 0 Å². The molecule has 0 bridgehead atoms. The maximum Gasteiger partial charge on any atom is 0.508 e. The second kappa shape index (κ2) is 9.45. The van der Waals surface area contributed by atoms with Crippen molar-refractivity contribution < 1.29 is 32.2 Å². The topological polar surface area (TPSA) is 82.9 Å². The molecule has 2 heterocycles. The number of amides is 2. The number of ether oxygens (including phenoxy) is 2. The van der Waals surface area contributed by atoms with Gasteiger partial charge in [-0.3, -0.25) is 0 Å². The summed E-state index contributed by atoms with van der Waals surface area (Å²) in [5.41, 5.74) is -0.341. The highest BCUT2D eigenvalue weighted by Gasteiger charge is 2.37. The van der Waals surface area contributed by atoms with E-state index in [0.29, 0.717) is 31.5 Å². The maximum atomic E-state index is 13.2. The largest absolute Gasteiger partial charge is 0.508 e. The Bertz CT molecular complexity index is 847. The third kappa shape index (κ3) is 5.60. The molecule has 7 nitrogen and oxygen atoms in total. The zero-order valence-electron chi connectivity index (χ0n) is 17.1. The van der Waals surface area contributed by atoms with Gasteiger partial charge in [0.1, 0.15) is 6.10 Å². The van der Waals surface area contributed by atoms with Crippen LogP contribution >= 0.6 is 0 Å².